The molecule has 330 valence electrons. The average molecular weight is 823 g/mol. The van der Waals surface area contributed by atoms with Gasteiger partial charge in [-0.2, -0.15) is 0 Å². The van der Waals surface area contributed by atoms with Crippen molar-refractivity contribution in [3.63, 3.8) is 0 Å². The number of phosphoric ester groups is 1. The Morgan fingerprint density at radius 2 is 0.982 bits per heavy atom. The van der Waals surface area contributed by atoms with E-state index < -0.39 is 26.5 Å². The van der Waals surface area contributed by atoms with E-state index in [4.69, 9.17) is 18.5 Å². The molecule has 0 spiro atoms. The number of ether oxygens (including phenoxy) is 2. The molecule has 0 aromatic rings. The Balaban J connectivity index is 4.48. The summed E-state index contributed by atoms with van der Waals surface area (Å²) in [7, 11) is 1.43. The summed E-state index contributed by atoms with van der Waals surface area (Å²) in [6.45, 7) is 4.30. The van der Waals surface area contributed by atoms with Crippen LogP contribution in [0.5, 0.6) is 0 Å². The van der Waals surface area contributed by atoms with Gasteiger partial charge in [-0.25, -0.2) is 4.57 Å². The Bertz CT molecular complexity index is 1160. The minimum absolute atomic E-state index is 0.0172. The smallest absolute Gasteiger partial charge is 0.462 e. The lowest BCUT2D eigenvalue weighted by Gasteiger charge is -2.24. The number of unbranched alkanes of at least 4 members (excludes halogenated alkanes) is 16. The van der Waals surface area contributed by atoms with Crippen LogP contribution in [-0.4, -0.2) is 74.9 Å². The molecular weight excluding hydrogens is 737 g/mol. The zero-order valence-electron chi connectivity index (χ0n) is 37.1. The highest BCUT2D eigenvalue weighted by molar-refractivity contribution is 7.47. The molecule has 9 nitrogen and oxygen atoms in total. The predicted molar refractivity (Wildman–Crippen MR) is 238 cm³/mol. The van der Waals surface area contributed by atoms with Crippen molar-refractivity contribution >= 4 is 19.8 Å². The van der Waals surface area contributed by atoms with Gasteiger partial charge in [-0.15, -0.1) is 0 Å². The minimum Gasteiger partial charge on any atom is -0.462 e. The number of carbonyl (C=O) groups is 2. The molecule has 0 radical (unpaired) electrons. The van der Waals surface area contributed by atoms with Crippen molar-refractivity contribution in [1.82, 2.24) is 0 Å². The summed E-state index contributed by atoms with van der Waals surface area (Å²) in [5.74, 6) is -0.895. The molecule has 0 bridgehead atoms. The quantitative estimate of drug-likeness (QED) is 0.0214. The van der Waals surface area contributed by atoms with E-state index in [1.807, 2.05) is 33.3 Å². The van der Waals surface area contributed by atoms with E-state index in [-0.39, 0.29) is 32.0 Å². The van der Waals surface area contributed by atoms with E-state index in [9.17, 15) is 19.0 Å². The summed E-state index contributed by atoms with van der Waals surface area (Å²) >= 11 is 0. The van der Waals surface area contributed by atoms with Crippen molar-refractivity contribution in [3.05, 3.63) is 60.8 Å². The summed E-state index contributed by atoms with van der Waals surface area (Å²) in [6, 6.07) is 0. The van der Waals surface area contributed by atoms with Crippen molar-refractivity contribution in [2.24, 2.45) is 0 Å². The van der Waals surface area contributed by atoms with Crippen molar-refractivity contribution in [1.29, 1.82) is 0 Å². The fourth-order valence-corrected chi connectivity index (χ4v) is 6.50. The van der Waals surface area contributed by atoms with Gasteiger partial charge in [-0.1, -0.05) is 171 Å². The second-order valence-electron chi connectivity index (χ2n) is 16.1. The van der Waals surface area contributed by atoms with Gasteiger partial charge in [0.25, 0.3) is 0 Å². The molecule has 0 aliphatic carbocycles. The maximum absolute atomic E-state index is 12.7. The largest absolute Gasteiger partial charge is 0.472 e. The highest BCUT2D eigenvalue weighted by Gasteiger charge is 2.27. The van der Waals surface area contributed by atoms with Crippen LogP contribution >= 0.6 is 7.82 Å². The summed E-state index contributed by atoms with van der Waals surface area (Å²) in [5.41, 5.74) is 0. The van der Waals surface area contributed by atoms with Crippen LogP contribution in [0.4, 0.5) is 0 Å². The minimum atomic E-state index is -4.39. The SMILES string of the molecule is CCCCC/C=C/C/C=C/C/C=C/C/C=C/C/C=C/CCC(=O)O[C@H](COC(=O)CCCCCCCCCCCCCCCC)COP(=O)(O)OCC[N+](C)(C)C. The lowest BCUT2D eigenvalue weighted by Crippen LogP contribution is -2.37. The molecule has 1 unspecified atom stereocenters. The molecule has 0 saturated carbocycles. The number of phosphoric acid groups is 1. The fourth-order valence-electron chi connectivity index (χ4n) is 5.76. The lowest BCUT2D eigenvalue weighted by atomic mass is 10.0. The van der Waals surface area contributed by atoms with Crippen LogP contribution in [0.15, 0.2) is 60.8 Å². The van der Waals surface area contributed by atoms with E-state index in [2.05, 4.69) is 62.5 Å². The first-order chi connectivity index (χ1) is 27.5. The summed E-state index contributed by atoms with van der Waals surface area (Å²) < 4.78 is 34.2. The zero-order chi connectivity index (χ0) is 42.1. The van der Waals surface area contributed by atoms with Crippen molar-refractivity contribution in [3.8, 4) is 0 Å². The Hall–Kier alpha value is -2.29. The first kappa shape index (κ1) is 54.7. The highest BCUT2D eigenvalue weighted by Crippen LogP contribution is 2.43. The maximum atomic E-state index is 12.7. The van der Waals surface area contributed by atoms with E-state index in [1.54, 1.807) is 0 Å². The first-order valence-electron chi connectivity index (χ1n) is 22.5. The molecule has 0 aromatic carbocycles. The molecule has 0 heterocycles. The molecule has 0 aliphatic heterocycles. The van der Waals surface area contributed by atoms with Gasteiger partial charge in [0.2, 0.25) is 0 Å². The van der Waals surface area contributed by atoms with Gasteiger partial charge < -0.3 is 18.9 Å². The standard InChI is InChI=1S/C47H84NO8P/c1-6-8-10-12-14-16-18-20-22-23-24-25-26-28-30-32-34-36-38-40-47(50)56-45(44-55-57(51,52)54-42-41-48(3,4)5)43-53-46(49)39-37-35-33-31-29-27-21-19-17-15-13-11-9-7-2/h14,16,20,22,24-25,28,30,34,36,45H,6-13,15,17-19,21,23,26-27,29,31-33,35,37-44H2,1-5H3/p+1/b16-14+,22-20+,25-24+,30-28+,36-34+/t45-/m1/s1. The third-order valence-electron chi connectivity index (χ3n) is 9.31. The molecule has 10 heteroatoms. The maximum Gasteiger partial charge on any atom is 0.472 e. The Morgan fingerprint density at radius 3 is 1.47 bits per heavy atom. The summed E-state index contributed by atoms with van der Waals surface area (Å²) in [6.07, 6.45) is 47.1. The second-order valence-corrected chi connectivity index (χ2v) is 17.5. The number of quaternary nitrogens is 1. The number of hydrogen-bond acceptors (Lipinski definition) is 7. The van der Waals surface area contributed by atoms with Crippen LogP contribution in [0.25, 0.3) is 0 Å². The molecule has 2 atom stereocenters. The van der Waals surface area contributed by atoms with Crippen LogP contribution in [-0.2, 0) is 32.7 Å². The molecule has 57 heavy (non-hydrogen) atoms. The topological polar surface area (TPSA) is 108 Å². The van der Waals surface area contributed by atoms with Crippen LogP contribution in [0, 0.1) is 0 Å². The van der Waals surface area contributed by atoms with Crippen molar-refractivity contribution in [2.75, 3.05) is 47.5 Å². The lowest BCUT2D eigenvalue weighted by molar-refractivity contribution is -0.870. The predicted octanol–water partition coefficient (Wildman–Crippen LogP) is 12.9. The molecule has 0 saturated heterocycles. The molecular formula is C47H85NO8P+. The average Bonchev–Trinajstić information content (AvgIpc) is 3.16. The molecule has 0 aliphatic rings. The van der Waals surface area contributed by atoms with Crippen LogP contribution < -0.4 is 0 Å². The Morgan fingerprint density at radius 1 is 0.544 bits per heavy atom. The van der Waals surface area contributed by atoms with E-state index >= 15 is 0 Å². The fraction of sp³-hybridized carbons (Fsp3) is 0.745. The molecule has 0 amide bonds. The van der Waals surface area contributed by atoms with Crippen molar-refractivity contribution in [2.45, 2.75) is 180 Å². The number of likely N-dealkylation sites (N-methyl/N-ethyl adjacent to an activating group) is 1. The second kappa shape index (κ2) is 39.2. The molecule has 0 rings (SSSR count). The molecule has 0 aromatic heterocycles. The van der Waals surface area contributed by atoms with Crippen molar-refractivity contribution < 1.29 is 42.1 Å². The molecule has 1 N–H and O–H groups in total. The zero-order valence-corrected chi connectivity index (χ0v) is 38.0. The van der Waals surface area contributed by atoms with E-state index in [0.717, 1.165) is 44.9 Å². The van der Waals surface area contributed by atoms with Gasteiger partial charge in [0.1, 0.15) is 19.8 Å². The molecule has 0 fully saturated rings. The van der Waals surface area contributed by atoms with Gasteiger partial charge in [-0.05, 0) is 51.4 Å². The van der Waals surface area contributed by atoms with Gasteiger partial charge in [0, 0.05) is 12.8 Å². The number of nitrogens with zero attached hydrogens (tertiary/aromatic N) is 1. The highest BCUT2D eigenvalue weighted by atomic mass is 31.2. The first-order valence-corrected chi connectivity index (χ1v) is 24.0. The van der Waals surface area contributed by atoms with Gasteiger partial charge >= 0.3 is 19.8 Å². The van der Waals surface area contributed by atoms with Gasteiger partial charge in [0.05, 0.1) is 27.7 Å². The number of allylic oxidation sites excluding steroid dienone is 10. The van der Waals surface area contributed by atoms with Crippen LogP contribution in [0.2, 0.25) is 0 Å². The van der Waals surface area contributed by atoms with Crippen LogP contribution in [0.1, 0.15) is 174 Å². The number of carbonyl (C=O) groups excluding carboxylic acids is 2. The monoisotopic (exact) mass is 823 g/mol. The Labute approximate surface area is 349 Å². The normalized spacial score (nSPS) is 14.1. The third-order valence-corrected chi connectivity index (χ3v) is 10.3. The summed E-state index contributed by atoms with van der Waals surface area (Å²) in [5, 5.41) is 0. The van der Waals surface area contributed by atoms with Gasteiger partial charge in [0.15, 0.2) is 6.10 Å². The van der Waals surface area contributed by atoms with E-state index in [0.29, 0.717) is 17.4 Å². The van der Waals surface area contributed by atoms with E-state index in [1.165, 1.54) is 96.3 Å². The number of hydrogen-bond donors (Lipinski definition) is 1. The Kier molecular flexibility index (Phi) is 37.6. The summed E-state index contributed by atoms with van der Waals surface area (Å²) in [4.78, 5) is 35.3. The van der Waals surface area contributed by atoms with Crippen LogP contribution in [0.3, 0.4) is 0 Å². The number of rotatable bonds is 40. The number of esters is 2. The third kappa shape index (κ3) is 43.1. The van der Waals surface area contributed by atoms with Gasteiger partial charge in [-0.3, -0.25) is 18.6 Å².